The summed E-state index contributed by atoms with van der Waals surface area (Å²) in [5.74, 6) is 0. The second kappa shape index (κ2) is 20.9. The molecule has 13 aromatic carbocycles. The van der Waals surface area contributed by atoms with Crippen molar-refractivity contribution in [2.75, 3.05) is 9.80 Å². The molecule has 1 aliphatic carbocycles. The summed E-state index contributed by atoms with van der Waals surface area (Å²) in [5.41, 5.74) is 25.0. The lowest BCUT2D eigenvalue weighted by Crippen LogP contribution is -2.10. The van der Waals surface area contributed by atoms with Gasteiger partial charge in [0.05, 0.1) is 16.6 Å². The lowest BCUT2D eigenvalue weighted by molar-refractivity contribution is 0.669. The summed E-state index contributed by atoms with van der Waals surface area (Å²) in [6.07, 6.45) is 6.62. The molecule has 0 radical (unpaired) electrons. The van der Waals surface area contributed by atoms with E-state index in [4.69, 9.17) is 8.83 Å². The molecule has 90 heavy (non-hydrogen) atoms. The van der Waals surface area contributed by atoms with E-state index in [9.17, 15) is 0 Å². The smallest absolute Gasteiger partial charge is 0.143 e. The van der Waals surface area contributed by atoms with Crippen LogP contribution in [0, 0.1) is 0 Å². The Kier molecular flexibility index (Phi) is 12.0. The summed E-state index contributed by atoms with van der Waals surface area (Å²) in [6.45, 7) is 0. The molecule has 4 heterocycles. The largest absolute Gasteiger partial charge is 0.455 e. The number of aryl methyl sites for hydroxylation is 1. The van der Waals surface area contributed by atoms with E-state index in [1.54, 1.807) is 0 Å². The number of hydrogen-bond acceptors (Lipinski definition) is 4. The minimum absolute atomic E-state index is 0.893. The van der Waals surface area contributed by atoms with Gasteiger partial charge in [-0.25, -0.2) is 0 Å². The zero-order chi connectivity index (χ0) is 59.2. The van der Waals surface area contributed by atoms with Gasteiger partial charge >= 0.3 is 0 Å². The van der Waals surface area contributed by atoms with Crippen molar-refractivity contribution < 1.29 is 8.83 Å². The third-order valence-electron chi connectivity index (χ3n) is 18.4. The average molecular weight is 1150 g/mol. The predicted octanol–water partition coefficient (Wildman–Crippen LogP) is 23.4. The monoisotopic (exact) mass is 1150 g/mol. The molecular weight excluding hydrogens is 1100 g/mol. The van der Waals surface area contributed by atoms with Gasteiger partial charge in [0.1, 0.15) is 22.3 Å². The fourth-order valence-electron chi connectivity index (χ4n) is 14.2. The van der Waals surface area contributed by atoms with E-state index in [1.807, 2.05) is 24.3 Å². The highest BCUT2D eigenvalue weighted by Crippen LogP contribution is 2.46. The van der Waals surface area contributed by atoms with Gasteiger partial charge in [0.2, 0.25) is 0 Å². The molecule has 0 bridgehead atoms. The topological polar surface area (TPSA) is 42.6 Å². The Morgan fingerprint density at radius 3 is 1.21 bits per heavy atom. The first-order valence-electron chi connectivity index (χ1n) is 30.9. The number of anilines is 6. The van der Waals surface area contributed by atoms with Gasteiger partial charge in [-0.1, -0.05) is 182 Å². The lowest BCUT2D eigenvalue weighted by atomic mass is 9.99. The first-order chi connectivity index (χ1) is 44.6. The van der Waals surface area contributed by atoms with E-state index < -0.39 is 0 Å². The minimum atomic E-state index is 0.893. The summed E-state index contributed by atoms with van der Waals surface area (Å²) in [5, 5.41) is 8.16. The molecule has 0 saturated carbocycles. The molecule has 1 aliphatic rings. The molecule has 0 amide bonds. The van der Waals surface area contributed by atoms with E-state index >= 15 is 0 Å². The summed E-state index contributed by atoms with van der Waals surface area (Å²) >= 11 is 0. The number of hydrogen-bond donors (Lipinski definition) is 0. The van der Waals surface area contributed by atoms with Crippen molar-refractivity contribution in [1.82, 2.24) is 9.13 Å². The Morgan fingerprint density at radius 2 is 0.689 bits per heavy atom. The predicted molar refractivity (Wildman–Crippen MR) is 375 cm³/mol. The van der Waals surface area contributed by atoms with Crippen LogP contribution in [0.1, 0.15) is 17.7 Å². The van der Waals surface area contributed by atoms with E-state index in [-0.39, 0.29) is 0 Å². The maximum absolute atomic E-state index is 6.53. The Morgan fingerprint density at radius 1 is 0.289 bits per heavy atom. The fourth-order valence-corrected chi connectivity index (χ4v) is 14.2. The highest BCUT2D eigenvalue weighted by atomic mass is 16.3. The number of nitrogens with zero attached hydrogens (tertiary/aromatic N) is 4. The van der Waals surface area contributed by atoms with Gasteiger partial charge in [-0.15, -0.1) is 0 Å². The van der Waals surface area contributed by atoms with Gasteiger partial charge < -0.3 is 27.8 Å². The van der Waals surface area contributed by atoms with Gasteiger partial charge in [-0.3, -0.25) is 0 Å². The average Bonchev–Trinajstić information content (AvgIpc) is 1.61. The van der Waals surface area contributed by atoms with Crippen LogP contribution in [-0.2, 0) is 6.42 Å². The fraction of sp³-hybridized carbons (Fsp3) is 0.0238. The SMILES string of the molecule is C1=Cc2c(c3cc(N(c4ccc(-c5ccc(N(c6ccc(-c7cccc8c7oc7ccccc78)cc6)c6ccc7c(c6)c6ccccc6n7-c6ccccc6)cc5)cc4)c4ccc(-c5cccc6c5oc5ccccc56)cc4)ccc3n2-c2ccccc2)CC1. The maximum Gasteiger partial charge on any atom is 0.143 e. The quantitative estimate of drug-likeness (QED) is 0.129. The van der Waals surface area contributed by atoms with Crippen molar-refractivity contribution in [3.63, 3.8) is 0 Å². The highest BCUT2D eigenvalue weighted by molar-refractivity contribution is 6.12. The Labute approximate surface area is 519 Å². The van der Waals surface area contributed by atoms with Crippen molar-refractivity contribution in [1.29, 1.82) is 0 Å². The molecule has 0 unspecified atom stereocenters. The summed E-state index contributed by atoms with van der Waals surface area (Å²) in [4.78, 5) is 4.78. The zero-order valence-corrected chi connectivity index (χ0v) is 49.0. The molecule has 6 nitrogen and oxygen atoms in total. The van der Waals surface area contributed by atoms with E-state index in [0.717, 1.165) is 135 Å². The number of allylic oxidation sites excluding steroid dienone is 1. The number of fused-ring (bicyclic) bond motifs is 12. The van der Waals surface area contributed by atoms with Crippen LogP contribution >= 0.6 is 0 Å². The molecule has 0 aliphatic heterocycles. The number of benzene rings is 13. The van der Waals surface area contributed by atoms with Crippen molar-refractivity contribution in [2.45, 2.75) is 12.8 Å². The third kappa shape index (κ3) is 8.41. The second-order valence-corrected chi connectivity index (χ2v) is 23.5. The van der Waals surface area contributed by atoms with E-state index in [2.05, 4.69) is 310 Å². The molecule has 17 aromatic rings. The normalized spacial score (nSPS) is 12.3. The molecule has 0 spiro atoms. The maximum atomic E-state index is 6.53. The standard InChI is InChI=1S/C84H56N4O2/c1-3-17-59(18-4-1)87-77-29-11-7-21-69(77)75-53-65(49-51-79(75)87)85(63-45-37-57(38-46-63)67-25-15-27-73-71-23-9-13-31-81(71)89-83(67)73)61-41-33-55(34-42-61)56-35-43-62(44-36-56)86(64-47-39-58(40-48-64)68-26-16-28-74-72-24-10-14-32-82(72)90-84(68)74)66-50-52-80-76(54-66)70-22-8-12-30-78(70)88(80)60-19-5-2-6-20-60/h1-7,9-21,23-54H,8,22H2. The number of para-hydroxylation sites is 7. The van der Waals surface area contributed by atoms with Crippen LogP contribution in [0.4, 0.5) is 34.1 Å². The molecule has 424 valence electrons. The Bertz CT molecular complexity index is 5640. The first-order valence-corrected chi connectivity index (χ1v) is 30.9. The Balaban J connectivity index is 0.728. The highest BCUT2D eigenvalue weighted by Gasteiger charge is 2.24. The van der Waals surface area contributed by atoms with Gasteiger partial charge in [0.25, 0.3) is 0 Å². The second-order valence-electron chi connectivity index (χ2n) is 23.5. The summed E-state index contributed by atoms with van der Waals surface area (Å²) < 4.78 is 17.9. The van der Waals surface area contributed by atoms with Crippen LogP contribution in [0.2, 0.25) is 0 Å². The molecule has 0 atom stereocenters. The molecule has 0 saturated heterocycles. The molecule has 0 N–H and O–H groups in total. The minimum Gasteiger partial charge on any atom is -0.455 e. The van der Waals surface area contributed by atoms with Crippen LogP contribution in [0.3, 0.4) is 0 Å². The zero-order valence-electron chi connectivity index (χ0n) is 49.0. The van der Waals surface area contributed by atoms with Gasteiger partial charge in [0.15, 0.2) is 0 Å². The van der Waals surface area contributed by atoms with Crippen LogP contribution in [0.5, 0.6) is 0 Å². The molecular formula is C84H56N4O2. The Hall–Kier alpha value is -11.9. The molecule has 0 fully saturated rings. The van der Waals surface area contributed by atoms with Crippen molar-refractivity contribution in [3.05, 3.63) is 321 Å². The summed E-state index contributed by atoms with van der Waals surface area (Å²) in [6, 6.07) is 110. The van der Waals surface area contributed by atoms with Crippen molar-refractivity contribution in [2.24, 2.45) is 0 Å². The number of furan rings is 2. The molecule has 18 rings (SSSR count). The summed E-state index contributed by atoms with van der Waals surface area (Å²) in [7, 11) is 0. The van der Waals surface area contributed by atoms with Gasteiger partial charge in [-0.05, 0) is 174 Å². The van der Waals surface area contributed by atoms with Crippen LogP contribution in [-0.4, -0.2) is 9.13 Å². The first kappa shape index (κ1) is 51.4. The molecule has 6 heteroatoms. The van der Waals surface area contributed by atoms with Crippen molar-refractivity contribution >= 4 is 117 Å². The van der Waals surface area contributed by atoms with Crippen LogP contribution in [0.15, 0.2) is 318 Å². The van der Waals surface area contributed by atoms with Crippen molar-refractivity contribution in [3.8, 4) is 44.8 Å². The van der Waals surface area contributed by atoms with E-state index in [1.165, 1.54) is 44.1 Å². The molecule has 4 aromatic heterocycles. The third-order valence-corrected chi connectivity index (χ3v) is 18.4. The van der Waals surface area contributed by atoms with Gasteiger partial charge in [0, 0.05) is 100 Å². The number of aromatic nitrogens is 2. The van der Waals surface area contributed by atoms with Gasteiger partial charge in [-0.2, -0.15) is 0 Å². The van der Waals surface area contributed by atoms with E-state index in [0.29, 0.717) is 0 Å². The van der Waals surface area contributed by atoms with Crippen LogP contribution in [0.25, 0.3) is 127 Å². The van der Waals surface area contributed by atoms with Crippen LogP contribution < -0.4 is 9.80 Å². The number of rotatable bonds is 11. The lowest BCUT2D eigenvalue weighted by Gasteiger charge is -2.27.